The highest BCUT2D eigenvalue weighted by atomic mass is 35.5. The Morgan fingerprint density at radius 1 is 1.32 bits per heavy atom. The van der Waals surface area contributed by atoms with Gasteiger partial charge < -0.3 is 5.73 Å². The van der Waals surface area contributed by atoms with Gasteiger partial charge in [-0.1, -0.05) is 32.4 Å². The molecule has 0 amide bonds. The zero-order valence-electron chi connectivity index (χ0n) is 11.3. The van der Waals surface area contributed by atoms with Crippen LogP contribution in [0.4, 0.5) is 5.69 Å². The second-order valence-corrected chi connectivity index (χ2v) is 5.57. The standard InChI is InChI=1S/C13H18ClN5/c1-8(2)9(3)7-19-13(16-17-18-19)11-6-10(14)4-5-12(11)15/h4-6,8-9H,7,15H2,1-3H3. The largest absolute Gasteiger partial charge is 0.398 e. The Kier molecular flexibility index (Phi) is 4.04. The van der Waals surface area contributed by atoms with Gasteiger partial charge >= 0.3 is 0 Å². The fourth-order valence-electron chi connectivity index (χ4n) is 1.73. The summed E-state index contributed by atoms with van der Waals surface area (Å²) in [6.45, 7) is 7.30. The van der Waals surface area contributed by atoms with E-state index in [2.05, 4.69) is 36.3 Å². The van der Waals surface area contributed by atoms with Crippen LogP contribution in [0.15, 0.2) is 18.2 Å². The SMILES string of the molecule is CC(C)C(C)Cn1nnnc1-c1cc(Cl)ccc1N. The minimum Gasteiger partial charge on any atom is -0.398 e. The molecule has 2 N–H and O–H groups in total. The van der Waals surface area contributed by atoms with Crippen LogP contribution >= 0.6 is 11.6 Å². The third-order valence-electron chi connectivity index (χ3n) is 3.39. The van der Waals surface area contributed by atoms with E-state index in [1.165, 1.54) is 0 Å². The number of nitrogens with zero attached hydrogens (tertiary/aromatic N) is 4. The molecule has 19 heavy (non-hydrogen) atoms. The highest BCUT2D eigenvalue weighted by Crippen LogP contribution is 2.27. The first-order valence-corrected chi connectivity index (χ1v) is 6.68. The van der Waals surface area contributed by atoms with Crippen LogP contribution in [0.3, 0.4) is 0 Å². The molecule has 0 fully saturated rings. The van der Waals surface area contributed by atoms with Crippen molar-refractivity contribution in [2.24, 2.45) is 11.8 Å². The number of aromatic nitrogens is 4. The molecule has 1 aromatic carbocycles. The number of nitrogen functional groups attached to an aromatic ring is 1. The maximum absolute atomic E-state index is 6.01. The summed E-state index contributed by atoms with van der Waals surface area (Å²) < 4.78 is 1.78. The fourth-order valence-corrected chi connectivity index (χ4v) is 1.90. The molecule has 6 heteroatoms. The van der Waals surface area contributed by atoms with Gasteiger partial charge in [-0.2, -0.15) is 0 Å². The Hall–Kier alpha value is -1.62. The molecule has 2 aromatic rings. The third kappa shape index (κ3) is 3.04. The molecular weight excluding hydrogens is 262 g/mol. The molecule has 1 atom stereocenters. The lowest BCUT2D eigenvalue weighted by atomic mass is 9.98. The van der Waals surface area contributed by atoms with Crippen LogP contribution in [0.25, 0.3) is 11.4 Å². The summed E-state index contributed by atoms with van der Waals surface area (Å²) in [4.78, 5) is 0. The average Bonchev–Trinajstić information content (AvgIpc) is 2.80. The molecule has 0 bridgehead atoms. The number of hydrogen-bond acceptors (Lipinski definition) is 4. The molecule has 0 aliphatic heterocycles. The Morgan fingerprint density at radius 2 is 2.05 bits per heavy atom. The van der Waals surface area contributed by atoms with Gasteiger partial charge in [0.1, 0.15) is 0 Å². The average molecular weight is 280 g/mol. The predicted molar refractivity (Wildman–Crippen MR) is 76.7 cm³/mol. The van der Waals surface area contributed by atoms with E-state index >= 15 is 0 Å². The monoisotopic (exact) mass is 279 g/mol. The number of rotatable bonds is 4. The van der Waals surface area contributed by atoms with E-state index < -0.39 is 0 Å². The summed E-state index contributed by atoms with van der Waals surface area (Å²) in [5.41, 5.74) is 7.37. The first-order chi connectivity index (χ1) is 8.99. The molecule has 102 valence electrons. The summed E-state index contributed by atoms with van der Waals surface area (Å²) in [6, 6.07) is 5.31. The van der Waals surface area contributed by atoms with Gasteiger partial charge in [-0.25, -0.2) is 4.68 Å². The molecule has 0 saturated carbocycles. The van der Waals surface area contributed by atoms with Gasteiger partial charge in [0.2, 0.25) is 0 Å². The van der Waals surface area contributed by atoms with E-state index in [4.69, 9.17) is 17.3 Å². The lowest BCUT2D eigenvalue weighted by Gasteiger charge is -2.16. The number of halogens is 1. The minimum atomic E-state index is 0.475. The lowest BCUT2D eigenvalue weighted by Crippen LogP contribution is -2.15. The Balaban J connectivity index is 2.36. The van der Waals surface area contributed by atoms with Crippen molar-refractivity contribution in [3.8, 4) is 11.4 Å². The maximum Gasteiger partial charge on any atom is 0.184 e. The molecule has 0 radical (unpaired) electrons. The first kappa shape index (κ1) is 13.8. The number of tetrazole rings is 1. The molecule has 1 heterocycles. The first-order valence-electron chi connectivity index (χ1n) is 6.30. The van der Waals surface area contributed by atoms with E-state index in [1.807, 2.05) is 0 Å². The molecule has 1 aromatic heterocycles. The summed E-state index contributed by atoms with van der Waals surface area (Å²) >= 11 is 6.01. The van der Waals surface area contributed by atoms with Crippen molar-refractivity contribution in [2.75, 3.05) is 5.73 Å². The van der Waals surface area contributed by atoms with Crippen molar-refractivity contribution >= 4 is 17.3 Å². The van der Waals surface area contributed by atoms with Gasteiger partial charge in [-0.3, -0.25) is 0 Å². The quantitative estimate of drug-likeness (QED) is 0.874. The molecule has 0 saturated heterocycles. The molecule has 2 rings (SSSR count). The Labute approximate surface area is 117 Å². The second kappa shape index (κ2) is 5.57. The summed E-state index contributed by atoms with van der Waals surface area (Å²) in [5.74, 6) is 1.70. The summed E-state index contributed by atoms with van der Waals surface area (Å²) in [5, 5.41) is 12.5. The third-order valence-corrected chi connectivity index (χ3v) is 3.62. The van der Waals surface area contributed by atoms with Crippen molar-refractivity contribution in [3.05, 3.63) is 23.2 Å². The molecule has 0 spiro atoms. The molecule has 5 nitrogen and oxygen atoms in total. The number of hydrogen-bond donors (Lipinski definition) is 1. The van der Waals surface area contributed by atoms with E-state index in [9.17, 15) is 0 Å². The van der Waals surface area contributed by atoms with E-state index in [1.54, 1.807) is 22.9 Å². The van der Waals surface area contributed by atoms with Gasteiger partial charge in [0.05, 0.1) is 0 Å². The topological polar surface area (TPSA) is 69.6 Å². The molecule has 0 aliphatic rings. The summed E-state index contributed by atoms with van der Waals surface area (Å²) in [6.07, 6.45) is 0. The number of nitrogens with two attached hydrogens (primary N) is 1. The predicted octanol–water partition coefficient (Wildman–Crippen LogP) is 2.87. The Morgan fingerprint density at radius 3 is 2.74 bits per heavy atom. The number of anilines is 1. The van der Waals surface area contributed by atoms with Crippen LogP contribution in [0, 0.1) is 11.8 Å². The van der Waals surface area contributed by atoms with Gasteiger partial charge in [0.15, 0.2) is 5.82 Å². The highest BCUT2D eigenvalue weighted by molar-refractivity contribution is 6.31. The normalized spacial score (nSPS) is 12.9. The van der Waals surface area contributed by atoms with Crippen molar-refractivity contribution in [2.45, 2.75) is 27.3 Å². The zero-order chi connectivity index (χ0) is 14.0. The van der Waals surface area contributed by atoms with Crippen LogP contribution in [0.1, 0.15) is 20.8 Å². The van der Waals surface area contributed by atoms with Crippen molar-refractivity contribution in [1.82, 2.24) is 20.2 Å². The van der Waals surface area contributed by atoms with Crippen molar-refractivity contribution < 1.29 is 0 Å². The van der Waals surface area contributed by atoms with Gasteiger partial charge in [0.25, 0.3) is 0 Å². The smallest absolute Gasteiger partial charge is 0.184 e. The van der Waals surface area contributed by atoms with Gasteiger partial charge in [-0.05, 0) is 40.5 Å². The van der Waals surface area contributed by atoms with E-state index in [-0.39, 0.29) is 0 Å². The molecule has 1 unspecified atom stereocenters. The lowest BCUT2D eigenvalue weighted by molar-refractivity contribution is 0.347. The van der Waals surface area contributed by atoms with E-state index in [0.29, 0.717) is 28.4 Å². The highest BCUT2D eigenvalue weighted by Gasteiger charge is 2.16. The van der Waals surface area contributed by atoms with Gasteiger partial charge in [0, 0.05) is 22.8 Å². The number of benzene rings is 1. The van der Waals surface area contributed by atoms with Crippen LogP contribution < -0.4 is 5.73 Å². The molecular formula is C13H18ClN5. The summed E-state index contributed by atoms with van der Waals surface area (Å²) in [7, 11) is 0. The van der Waals surface area contributed by atoms with Gasteiger partial charge in [-0.15, -0.1) is 5.10 Å². The molecule has 0 aliphatic carbocycles. The maximum atomic E-state index is 6.01. The zero-order valence-corrected chi connectivity index (χ0v) is 12.1. The van der Waals surface area contributed by atoms with Crippen LogP contribution in [0.2, 0.25) is 5.02 Å². The minimum absolute atomic E-state index is 0.475. The van der Waals surface area contributed by atoms with E-state index in [0.717, 1.165) is 12.1 Å². The van der Waals surface area contributed by atoms with Crippen molar-refractivity contribution in [3.63, 3.8) is 0 Å². The van der Waals surface area contributed by atoms with Crippen molar-refractivity contribution in [1.29, 1.82) is 0 Å². The fraction of sp³-hybridized carbons (Fsp3) is 0.462. The van der Waals surface area contributed by atoms with Crippen LogP contribution in [-0.2, 0) is 6.54 Å². The second-order valence-electron chi connectivity index (χ2n) is 5.14. The van der Waals surface area contributed by atoms with Crippen LogP contribution in [-0.4, -0.2) is 20.2 Å². The Bertz CT molecular complexity index is 564. The van der Waals surface area contributed by atoms with Crippen LogP contribution in [0.5, 0.6) is 0 Å².